The fourth-order valence-electron chi connectivity index (χ4n) is 1.57. The zero-order valence-corrected chi connectivity index (χ0v) is 13.5. The number of amides is 3. The van der Waals surface area contributed by atoms with Crippen molar-refractivity contribution in [2.24, 2.45) is 11.5 Å². The Balaban J connectivity index is 4.76. The first-order valence-electron chi connectivity index (χ1n) is 6.78. The van der Waals surface area contributed by atoms with Crippen molar-refractivity contribution < 1.29 is 34.2 Å². The summed E-state index contributed by atoms with van der Waals surface area (Å²) in [6.07, 6.45) is -1.11. The lowest BCUT2D eigenvalue weighted by molar-refractivity contribution is -0.143. The third kappa shape index (κ3) is 8.33. The van der Waals surface area contributed by atoms with E-state index in [0.717, 1.165) is 0 Å². The maximum Gasteiger partial charge on any atom is 0.326 e. The molecule has 24 heavy (non-hydrogen) atoms. The standard InChI is InChI=1S/C12H20N4O7S/c13-5(3-9(18)19)10(20)16-7(4-24)11(21)15-6(12(22)23)1-2-8(14)17/h5-7,24H,1-4,13H2,(H2,14,17)(H,15,21)(H,16,20)(H,18,19)(H,22,23)/t5-,6-,7-/m0/s1. The van der Waals surface area contributed by atoms with E-state index < -0.39 is 54.2 Å². The largest absolute Gasteiger partial charge is 0.481 e. The summed E-state index contributed by atoms with van der Waals surface area (Å²) >= 11 is 3.87. The molecule has 11 nitrogen and oxygen atoms in total. The molecule has 0 aromatic rings. The van der Waals surface area contributed by atoms with E-state index in [1.807, 2.05) is 0 Å². The monoisotopic (exact) mass is 364 g/mol. The molecular formula is C12H20N4O7S. The van der Waals surface area contributed by atoms with E-state index in [1.54, 1.807) is 0 Å². The van der Waals surface area contributed by atoms with E-state index in [1.165, 1.54) is 0 Å². The number of hydrogen-bond donors (Lipinski definition) is 7. The van der Waals surface area contributed by atoms with Gasteiger partial charge in [-0.3, -0.25) is 19.2 Å². The lowest BCUT2D eigenvalue weighted by atomic mass is 10.1. The van der Waals surface area contributed by atoms with Gasteiger partial charge in [0.15, 0.2) is 0 Å². The van der Waals surface area contributed by atoms with Gasteiger partial charge in [0.2, 0.25) is 17.7 Å². The predicted octanol–water partition coefficient (Wildman–Crippen LogP) is -2.96. The molecule has 0 aliphatic heterocycles. The number of carbonyl (C=O) groups is 5. The molecule has 0 aromatic heterocycles. The molecule has 0 aliphatic rings. The number of aliphatic carboxylic acids is 2. The highest BCUT2D eigenvalue weighted by molar-refractivity contribution is 7.80. The molecule has 0 heterocycles. The van der Waals surface area contributed by atoms with Crippen LogP contribution in [0.2, 0.25) is 0 Å². The van der Waals surface area contributed by atoms with E-state index in [4.69, 9.17) is 21.7 Å². The van der Waals surface area contributed by atoms with Crippen molar-refractivity contribution in [3.8, 4) is 0 Å². The highest BCUT2D eigenvalue weighted by Gasteiger charge is 2.27. The molecule has 0 spiro atoms. The normalized spacial score (nSPS) is 14.1. The summed E-state index contributed by atoms with van der Waals surface area (Å²) in [7, 11) is 0. The first kappa shape index (κ1) is 21.7. The van der Waals surface area contributed by atoms with Crippen LogP contribution in [0.25, 0.3) is 0 Å². The zero-order valence-electron chi connectivity index (χ0n) is 12.6. The number of carbonyl (C=O) groups excluding carboxylic acids is 3. The van der Waals surface area contributed by atoms with Crippen LogP contribution >= 0.6 is 12.6 Å². The molecule has 0 rings (SSSR count). The maximum absolute atomic E-state index is 12.0. The Morgan fingerprint density at radius 2 is 1.54 bits per heavy atom. The fraction of sp³-hybridized carbons (Fsp3) is 0.583. The summed E-state index contributed by atoms with van der Waals surface area (Å²) in [6.45, 7) is 0. The Morgan fingerprint density at radius 3 is 1.96 bits per heavy atom. The second-order valence-electron chi connectivity index (χ2n) is 4.85. The van der Waals surface area contributed by atoms with Gasteiger partial charge < -0.3 is 32.3 Å². The second-order valence-corrected chi connectivity index (χ2v) is 5.22. The highest BCUT2D eigenvalue weighted by Crippen LogP contribution is 2.00. The van der Waals surface area contributed by atoms with Gasteiger partial charge in [-0.1, -0.05) is 0 Å². The SMILES string of the molecule is NC(=O)CC[C@H](NC(=O)[C@H](CS)NC(=O)[C@@H](N)CC(=O)O)C(=O)O. The van der Waals surface area contributed by atoms with Crippen LogP contribution < -0.4 is 22.1 Å². The van der Waals surface area contributed by atoms with Gasteiger partial charge in [-0.15, -0.1) is 0 Å². The van der Waals surface area contributed by atoms with E-state index >= 15 is 0 Å². The average Bonchev–Trinajstić information content (AvgIpc) is 2.47. The van der Waals surface area contributed by atoms with Crippen LogP contribution in [0.15, 0.2) is 0 Å². The average molecular weight is 364 g/mol. The molecule has 0 fully saturated rings. The molecule has 3 atom stereocenters. The molecule has 136 valence electrons. The van der Waals surface area contributed by atoms with Crippen molar-refractivity contribution in [1.29, 1.82) is 0 Å². The summed E-state index contributed by atoms with van der Waals surface area (Å²) in [5, 5.41) is 21.9. The van der Waals surface area contributed by atoms with Crippen molar-refractivity contribution in [1.82, 2.24) is 10.6 Å². The van der Waals surface area contributed by atoms with Gasteiger partial charge in [-0.2, -0.15) is 12.6 Å². The van der Waals surface area contributed by atoms with Crippen molar-refractivity contribution in [3.63, 3.8) is 0 Å². The number of thiol groups is 1. The smallest absolute Gasteiger partial charge is 0.326 e. The number of primary amides is 1. The highest BCUT2D eigenvalue weighted by atomic mass is 32.1. The summed E-state index contributed by atoms with van der Waals surface area (Å²) in [5.41, 5.74) is 10.3. The number of hydrogen-bond acceptors (Lipinski definition) is 7. The quantitative estimate of drug-likeness (QED) is 0.188. The van der Waals surface area contributed by atoms with E-state index in [2.05, 4.69) is 23.3 Å². The van der Waals surface area contributed by atoms with Gasteiger partial charge in [-0.05, 0) is 6.42 Å². The van der Waals surface area contributed by atoms with Gasteiger partial charge in [0, 0.05) is 12.2 Å². The van der Waals surface area contributed by atoms with E-state index in [9.17, 15) is 24.0 Å². The number of nitrogens with two attached hydrogens (primary N) is 2. The first-order valence-corrected chi connectivity index (χ1v) is 7.41. The van der Waals surface area contributed by atoms with E-state index in [-0.39, 0.29) is 18.6 Å². The summed E-state index contributed by atoms with van der Waals surface area (Å²) < 4.78 is 0. The van der Waals surface area contributed by atoms with Gasteiger partial charge in [0.25, 0.3) is 0 Å². The number of rotatable bonds is 11. The van der Waals surface area contributed by atoms with Gasteiger partial charge >= 0.3 is 11.9 Å². The van der Waals surface area contributed by atoms with Crippen LogP contribution in [0.3, 0.4) is 0 Å². The fourth-order valence-corrected chi connectivity index (χ4v) is 1.83. The van der Waals surface area contributed by atoms with Crippen LogP contribution in [-0.4, -0.2) is 63.8 Å². The number of nitrogens with one attached hydrogen (secondary N) is 2. The Hall–Kier alpha value is -2.34. The molecule has 0 saturated carbocycles. The number of carboxylic acid groups (broad SMARTS) is 2. The minimum absolute atomic E-state index is 0.181. The minimum Gasteiger partial charge on any atom is -0.481 e. The third-order valence-electron chi connectivity index (χ3n) is 2.84. The second kappa shape index (κ2) is 10.4. The van der Waals surface area contributed by atoms with Gasteiger partial charge in [0.05, 0.1) is 12.5 Å². The van der Waals surface area contributed by atoms with Crippen molar-refractivity contribution in [2.45, 2.75) is 37.4 Å². The summed E-state index contributed by atoms with van der Waals surface area (Å²) in [5.74, 6) is -5.33. The number of carboxylic acids is 2. The summed E-state index contributed by atoms with van der Waals surface area (Å²) in [6, 6.07) is -3.98. The van der Waals surface area contributed by atoms with Crippen molar-refractivity contribution in [2.75, 3.05) is 5.75 Å². The molecular weight excluding hydrogens is 344 g/mol. The zero-order chi connectivity index (χ0) is 18.9. The van der Waals surface area contributed by atoms with Gasteiger partial charge in [-0.25, -0.2) is 4.79 Å². The van der Waals surface area contributed by atoms with Crippen LogP contribution in [0.5, 0.6) is 0 Å². The predicted molar refractivity (Wildman–Crippen MR) is 84.0 cm³/mol. The van der Waals surface area contributed by atoms with Crippen molar-refractivity contribution >= 4 is 42.3 Å². The van der Waals surface area contributed by atoms with Crippen LogP contribution in [0.1, 0.15) is 19.3 Å². The molecule has 8 N–H and O–H groups in total. The Labute approximate surface area is 142 Å². The molecule has 3 amide bonds. The van der Waals surface area contributed by atoms with Crippen LogP contribution in [-0.2, 0) is 24.0 Å². The topological polar surface area (TPSA) is 202 Å². The molecule has 0 unspecified atom stereocenters. The summed E-state index contributed by atoms with van der Waals surface area (Å²) in [4.78, 5) is 55.9. The van der Waals surface area contributed by atoms with Crippen LogP contribution in [0.4, 0.5) is 0 Å². The molecule has 0 bridgehead atoms. The van der Waals surface area contributed by atoms with Crippen molar-refractivity contribution in [3.05, 3.63) is 0 Å². The first-order chi connectivity index (χ1) is 11.1. The molecule has 0 saturated heterocycles. The van der Waals surface area contributed by atoms with Gasteiger partial charge in [0.1, 0.15) is 12.1 Å². The lowest BCUT2D eigenvalue weighted by Crippen LogP contribution is -2.55. The Bertz CT molecular complexity index is 514. The maximum atomic E-state index is 12.0. The third-order valence-corrected chi connectivity index (χ3v) is 3.21. The minimum atomic E-state index is -1.38. The molecule has 0 radical (unpaired) electrons. The van der Waals surface area contributed by atoms with Crippen LogP contribution in [0, 0.1) is 0 Å². The molecule has 0 aliphatic carbocycles. The Morgan fingerprint density at radius 1 is 1.00 bits per heavy atom. The lowest BCUT2D eigenvalue weighted by Gasteiger charge is -2.21. The Kier molecular flexibility index (Phi) is 9.42. The molecule has 0 aromatic carbocycles. The van der Waals surface area contributed by atoms with E-state index in [0.29, 0.717) is 0 Å². The molecule has 12 heteroatoms.